The molecular weight excluding hydrogens is 180 g/mol. The Morgan fingerprint density at radius 2 is 2.29 bits per heavy atom. The number of rotatable bonds is 2. The van der Waals surface area contributed by atoms with Crippen molar-refractivity contribution in [3.8, 4) is 0 Å². The van der Waals surface area contributed by atoms with Crippen LogP contribution in [0.15, 0.2) is 34.6 Å². The third kappa shape index (κ3) is 1.32. The highest BCUT2D eigenvalue weighted by molar-refractivity contribution is 5.67. The summed E-state index contributed by atoms with van der Waals surface area (Å²) in [6, 6.07) is 7.73. The molecule has 1 heterocycles. The number of anilines is 1. The number of hydrogen-bond acceptors (Lipinski definition) is 5. The number of aldehydes is 1. The van der Waals surface area contributed by atoms with Crippen LogP contribution in [0.4, 0.5) is 5.69 Å². The minimum Gasteiger partial charge on any atom is -0.299 e. The molecule has 14 heavy (non-hydrogen) atoms. The fraction of sp³-hybridized carbons (Fsp3) is 0.222. The molecule has 0 radical (unpaired) electrons. The van der Waals surface area contributed by atoms with Crippen LogP contribution >= 0.6 is 0 Å². The molecular formula is C9H10N4O. The number of para-hydroxylation sites is 1. The van der Waals surface area contributed by atoms with Crippen LogP contribution in [0.3, 0.4) is 0 Å². The molecule has 1 aliphatic heterocycles. The Morgan fingerprint density at radius 1 is 1.50 bits per heavy atom. The van der Waals surface area contributed by atoms with Crippen molar-refractivity contribution in [1.82, 2.24) is 5.53 Å². The predicted molar refractivity (Wildman–Crippen MR) is 51.5 cm³/mol. The highest BCUT2D eigenvalue weighted by Crippen LogP contribution is 2.21. The molecule has 5 heteroatoms. The summed E-state index contributed by atoms with van der Waals surface area (Å²) in [5.41, 5.74) is 4.66. The van der Waals surface area contributed by atoms with E-state index in [9.17, 15) is 4.79 Å². The van der Waals surface area contributed by atoms with Gasteiger partial charge in [-0.2, -0.15) is 5.53 Å². The van der Waals surface area contributed by atoms with Crippen LogP contribution < -0.4 is 10.5 Å². The van der Waals surface area contributed by atoms with Gasteiger partial charge in [-0.3, -0.25) is 4.79 Å². The third-order valence-corrected chi connectivity index (χ3v) is 2.09. The molecule has 1 aliphatic rings. The summed E-state index contributed by atoms with van der Waals surface area (Å²) in [5.74, 6) is 0. The quantitative estimate of drug-likeness (QED) is 0.713. The summed E-state index contributed by atoms with van der Waals surface area (Å²) in [4.78, 5) is 10.7. The second-order valence-corrected chi connectivity index (χ2v) is 3.02. The highest BCUT2D eigenvalue weighted by Gasteiger charge is 2.23. The van der Waals surface area contributed by atoms with Gasteiger partial charge >= 0.3 is 0 Å². The van der Waals surface area contributed by atoms with E-state index in [0.29, 0.717) is 0 Å². The van der Waals surface area contributed by atoms with Gasteiger partial charge in [-0.1, -0.05) is 23.4 Å². The first-order valence-corrected chi connectivity index (χ1v) is 4.28. The zero-order valence-electron chi connectivity index (χ0n) is 7.71. The summed E-state index contributed by atoms with van der Waals surface area (Å²) in [6.45, 7) is 1.97. The van der Waals surface area contributed by atoms with Crippen LogP contribution in [0.2, 0.25) is 0 Å². The lowest BCUT2D eigenvalue weighted by Gasteiger charge is -2.20. The lowest BCUT2D eigenvalue weighted by Crippen LogP contribution is -2.38. The Bertz CT molecular complexity index is 377. The van der Waals surface area contributed by atoms with Crippen molar-refractivity contribution < 1.29 is 4.79 Å². The maximum atomic E-state index is 10.7. The third-order valence-electron chi connectivity index (χ3n) is 2.09. The molecule has 0 aliphatic carbocycles. The minimum absolute atomic E-state index is 0.559. The lowest BCUT2D eigenvalue weighted by molar-refractivity contribution is -0.108. The normalized spacial score (nSPS) is 19.5. The van der Waals surface area contributed by atoms with E-state index in [-0.39, 0.29) is 0 Å². The van der Waals surface area contributed by atoms with E-state index in [0.717, 1.165) is 17.5 Å². The summed E-state index contributed by atoms with van der Waals surface area (Å²) in [5, 5.41) is 8.96. The van der Waals surface area contributed by atoms with E-state index in [1.807, 2.05) is 31.2 Å². The maximum absolute atomic E-state index is 10.7. The molecule has 0 saturated carbocycles. The molecule has 0 bridgehead atoms. The van der Waals surface area contributed by atoms with E-state index in [1.165, 1.54) is 0 Å². The molecule has 1 atom stereocenters. The van der Waals surface area contributed by atoms with Gasteiger partial charge in [-0.05, 0) is 18.6 Å². The summed E-state index contributed by atoms with van der Waals surface area (Å²) >= 11 is 0. The van der Waals surface area contributed by atoms with Gasteiger partial charge in [-0.15, -0.1) is 5.11 Å². The van der Waals surface area contributed by atoms with Gasteiger partial charge in [-0.25, -0.2) is 5.01 Å². The van der Waals surface area contributed by atoms with Crippen molar-refractivity contribution in [1.29, 1.82) is 0 Å². The summed E-state index contributed by atoms with van der Waals surface area (Å²) in [6.07, 6.45) is 0.187. The largest absolute Gasteiger partial charge is 0.299 e. The van der Waals surface area contributed by atoms with E-state index >= 15 is 0 Å². The van der Waals surface area contributed by atoms with E-state index < -0.39 is 6.17 Å². The van der Waals surface area contributed by atoms with Crippen LogP contribution in [0, 0.1) is 6.92 Å². The van der Waals surface area contributed by atoms with Crippen molar-refractivity contribution in [3.63, 3.8) is 0 Å². The van der Waals surface area contributed by atoms with Gasteiger partial charge in [0.05, 0.1) is 5.69 Å². The minimum atomic E-state index is -0.559. The SMILES string of the molecule is Cc1ccccc1N1NN=NC1C=O. The van der Waals surface area contributed by atoms with Crippen molar-refractivity contribution in [2.75, 3.05) is 5.01 Å². The molecule has 5 nitrogen and oxygen atoms in total. The lowest BCUT2D eigenvalue weighted by atomic mass is 10.2. The zero-order valence-corrected chi connectivity index (χ0v) is 7.71. The van der Waals surface area contributed by atoms with Crippen molar-refractivity contribution >= 4 is 12.0 Å². The van der Waals surface area contributed by atoms with Gasteiger partial charge in [0.15, 0.2) is 6.29 Å². The molecule has 0 fully saturated rings. The highest BCUT2D eigenvalue weighted by atomic mass is 16.1. The van der Waals surface area contributed by atoms with E-state index in [1.54, 1.807) is 5.01 Å². The molecule has 72 valence electrons. The molecule has 0 amide bonds. The number of aryl methyl sites for hydroxylation is 1. The number of carbonyl (C=O) groups excluding carboxylic acids is 1. The number of nitrogens with zero attached hydrogens (tertiary/aromatic N) is 3. The predicted octanol–water partition coefficient (Wildman–Crippen LogP) is 1.21. The topological polar surface area (TPSA) is 57.1 Å². The average Bonchev–Trinajstić information content (AvgIpc) is 2.66. The first kappa shape index (κ1) is 8.68. The van der Waals surface area contributed by atoms with E-state index in [2.05, 4.69) is 15.9 Å². The Labute approximate surface area is 81.4 Å². The fourth-order valence-corrected chi connectivity index (χ4v) is 1.36. The molecule has 2 rings (SSSR count). The van der Waals surface area contributed by atoms with Crippen LogP contribution in [0.5, 0.6) is 0 Å². The number of nitrogens with one attached hydrogen (secondary N) is 1. The van der Waals surface area contributed by atoms with Crippen LogP contribution in [-0.2, 0) is 4.79 Å². The number of hydrazine groups is 1. The average molecular weight is 190 g/mol. The first-order chi connectivity index (χ1) is 6.83. The van der Waals surface area contributed by atoms with Crippen molar-refractivity contribution in [3.05, 3.63) is 29.8 Å². The molecule has 0 saturated heterocycles. The second-order valence-electron chi connectivity index (χ2n) is 3.02. The molecule has 1 aromatic rings. The van der Waals surface area contributed by atoms with Gasteiger partial charge in [0, 0.05) is 0 Å². The number of benzene rings is 1. The molecule has 1 unspecified atom stereocenters. The van der Waals surface area contributed by atoms with Crippen molar-refractivity contribution in [2.24, 2.45) is 10.3 Å². The Balaban J connectivity index is 2.32. The Kier molecular flexibility index (Phi) is 2.14. The zero-order chi connectivity index (χ0) is 9.97. The van der Waals surface area contributed by atoms with Gasteiger partial charge in [0.1, 0.15) is 0 Å². The van der Waals surface area contributed by atoms with Gasteiger partial charge < -0.3 is 0 Å². The monoisotopic (exact) mass is 190 g/mol. The smallest absolute Gasteiger partial charge is 0.219 e. The fourth-order valence-electron chi connectivity index (χ4n) is 1.36. The Morgan fingerprint density at radius 3 is 3.00 bits per heavy atom. The van der Waals surface area contributed by atoms with Crippen molar-refractivity contribution in [2.45, 2.75) is 13.1 Å². The number of hydrogen-bond donors (Lipinski definition) is 1. The summed E-state index contributed by atoms with van der Waals surface area (Å²) < 4.78 is 0. The molecule has 1 N–H and O–H groups in total. The number of carbonyl (C=O) groups is 1. The first-order valence-electron chi connectivity index (χ1n) is 4.28. The van der Waals surface area contributed by atoms with Crippen LogP contribution in [0.1, 0.15) is 5.56 Å². The standard InChI is InChI=1S/C9H10N4O/c1-7-4-2-3-5-8(7)13-9(6-14)10-11-12-13/h2-6,9H,1H3,(H,10,12). The second kappa shape index (κ2) is 3.45. The molecule has 0 aromatic heterocycles. The summed E-state index contributed by atoms with van der Waals surface area (Å²) in [7, 11) is 0. The van der Waals surface area contributed by atoms with Crippen LogP contribution in [0.25, 0.3) is 0 Å². The maximum Gasteiger partial charge on any atom is 0.219 e. The van der Waals surface area contributed by atoms with E-state index in [4.69, 9.17) is 0 Å². The molecule has 1 aromatic carbocycles. The van der Waals surface area contributed by atoms with Gasteiger partial charge in [0.2, 0.25) is 6.17 Å². The molecule has 0 spiro atoms. The van der Waals surface area contributed by atoms with Crippen LogP contribution in [-0.4, -0.2) is 12.5 Å². The Hall–Kier alpha value is -1.91. The van der Waals surface area contributed by atoms with Gasteiger partial charge in [0.25, 0.3) is 0 Å².